The second-order valence-electron chi connectivity index (χ2n) is 5.91. The van der Waals surface area contributed by atoms with Crippen LogP contribution in [-0.2, 0) is 0 Å². The molecule has 0 rings (SSSR count). The van der Waals surface area contributed by atoms with E-state index in [1.165, 1.54) is 70.8 Å². The van der Waals surface area contributed by atoms with E-state index in [4.69, 9.17) is 0 Å². The van der Waals surface area contributed by atoms with Gasteiger partial charge in [-0.3, -0.25) is 0 Å². The van der Waals surface area contributed by atoms with Crippen molar-refractivity contribution in [2.75, 3.05) is 13.6 Å². The van der Waals surface area contributed by atoms with E-state index < -0.39 is 0 Å². The Morgan fingerprint density at radius 1 is 0.722 bits per heavy atom. The quantitative estimate of drug-likeness (QED) is 0.435. The van der Waals surface area contributed by atoms with Crippen molar-refractivity contribution in [1.82, 2.24) is 5.32 Å². The fraction of sp³-hybridized carbons (Fsp3) is 1.00. The minimum Gasteiger partial charge on any atom is -0.319 e. The van der Waals surface area contributed by atoms with Gasteiger partial charge in [-0.2, -0.15) is 0 Å². The zero-order valence-corrected chi connectivity index (χ0v) is 13.4. The van der Waals surface area contributed by atoms with Crippen LogP contribution in [0.5, 0.6) is 0 Å². The molecule has 1 heteroatoms. The van der Waals surface area contributed by atoms with Gasteiger partial charge in [0.15, 0.2) is 0 Å². The van der Waals surface area contributed by atoms with Crippen molar-refractivity contribution >= 4 is 0 Å². The Hall–Kier alpha value is -0.0400. The third-order valence-electron chi connectivity index (χ3n) is 4.21. The second kappa shape index (κ2) is 13.4. The number of hydrogen-bond acceptors (Lipinski definition) is 1. The standard InChI is InChI=1S/C17H37N/c1-5-8-12-16(7-3)13-9-10-14-17(11-6-2)15-18-4/h16-18H,5-15H2,1-4H3. The first-order valence-electron chi connectivity index (χ1n) is 8.42. The average Bonchev–Trinajstić information content (AvgIpc) is 2.38. The summed E-state index contributed by atoms with van der Waals surface area (Å²) in [6.07, 6.45) is 14.1. The van der Waals surface area contributed by atoms with E-state index in [1.54, 1.807) is 0 Å². The van der Waals surface area contributed by atoms with Gasteiger partial charge in [0.1, 0.15) is 0 Å². The number of unbranched alkanes of at least 4 members (excludes halogenated alkanes) is 2. The van der Waals surface area contributed by atoms with Gasteiger partial charge in [-0.25, -0.2) is 0 Å². The molecule has 0 aromatic carbocycles. The minimum atomic E-state index is 0.913. The van der Waals surface area contributed by atoms with E-state index in [-0.39, 0.29) is 0 Å². The maximum absolute atomic E-state index is 3.34. The van der Waals surface area contributed by atoms with Crippen molar-refractivity contribution in [2.45, 2.75) is 85.0 Å². The summed E-state index contributed by atoms with van der Waals surface area (Å²) in [5, 5.41) is 3.34. The maximum Gasteiger partial charge on any atom is -0.00235 e. The molecule has 0 aliphatic rings. The van der Waals surface area contributed by atoms with Crippen molar-refractivity contribution in [3.05, 3.63) is 0 Å². The lowest BCUT2D eigenvalue weighted by Crippen LogP contribution is -2.18. The normalized spacial score (nSPS) is 14.7. The monoisotopic (exact) mass is 255 g/mol. The van der Waals surface area contributed by atoms with Crippen LogP contribution in [0, 0.1) is 11.8 Å². The molecule has 110 valence electrons. The van der Waals surface area contributed by atoms with Gasteiger partial charge in [0.2, 0.25) is 0 Å². The molecule has 0 radical (unpaired) electrons. The van der Waals surface area contributed by atoms with Crippen molar-refractivity contribution in [1.29, 1.82) is 0 Å². The Morgan fingerprint density at radius 3 is 1.83 bits per heavy atom. The molecule has 2 unspecified atom stereocenters. The van der Waals surface area contributed by atoms with Crippen molar-refractivity contribution in [3.63, 3.8) is 0 Å². The first-order valence-corrected chi connectivity index (χ1v) is 8.42. The molecule has 0 amide bonds. The number of nitrogens with one attached hydrogen (secondary N) is 1. The highest BCUT2D eigenvalue weighted by atomic mass is 14.8. The summed E-state index contributed by atoms with van der Waals surface area (Å²) in [6.45, 7) is 8.18. The molecule has 0 aliphatic heterocycles. The van der Waals surface area contributed by atoms with Crippen LogP contribution in [0.4, 0.5) is 0 Å². The summed E-state index contributed by atoms with van der Waals surface area (Å²) in [7, 11) is 2.08. The summed E-state index contributed by atoms with van der Waals surface area (Å²) in [5.74, 6) is 1.91. The highest BCUT2D eigenvalue weighted by Crippen LogP contribution is 2.21. The lowest BCUT2D eigenvalue weighted by Gasteiger charge is -2.17. The van der Waals surface area contributed by atoms with Gasteiger partial charge in [-0.15, -0.1) is 0 Å². The van der Waals surface area contributed by atoms with Crippen molar-refractivity contribution in [3.8, 4) is 0 Å². The van der Waals surface area contributed by atoms with E-state index in [1.807, 2.05) is 0 Å². The third-order valence-corrected chi connectivity index (χ3v) is 4.21. The van der Waals surface area contributed by atoms with Crippen LogP contribution in [0.15, 0.2) is 0 Å². The number of rotatable bonds is 13. The predicted octanol–water partition coefficient (Wildman–Crippen LogP) is 5.40. The first-order chi connectivity index (χ1) is 8.78. The Balaban J connectivity index is 3.60. The average molecular weight is 255 g/mol. The van der Waals surface area contributed by atoms with Crippen molar-refractivity contribution < 1.29 is 0 Å². The lowest BCUT2D eigenvalue weighted by atomic mass is 9.91. The van der Waals surface area contributed by atoms with E-state index in [0.717, 1.165) is 11.8 Å². The van der Waals surface area contributed by atoms with Gasteiger partial charge in [0.25, 0.3) is 0 Å². The molecule has 18 heavy (non-hydrogen) atoms. The predicted molar refractivity (Wildman–Crippen MR) is 84.1 cm³/mol. The molecule has 0 heterocycles. The van der Waals surface area contributed by atoms with Gasteiger partial charge in [0, 0.05) is 0 Å². The molecule has 0 bridgehead atoms. The SMILES string of the molecule is CCCCC(CC)CCCCC(CCC)CNC. The molecular weight excluding hydrogens is 218 g/mol. The lowest BCUT2D eigenvalue weighted by molar-refractivity contribution is 0.370. The minimum absolute atomic E-state index is 0.913. The van der Waals surface area contributed by atoms with Gasteiger partial charge < -0.3 is 5.32 Å². The third kappa shape index (κ3) is 9.94. The molecule has 0 saturated carbocycles. The highest BCUT2D eigenvalue weighted by molar-refractivity contribution is 4.63. The van der Waals surface area contributed by atoms with E-state index in [9.17, 15) is 0 Å². The van der Waals surface area contributed by atoms with E-state index in [2.05, 4.69) is 33.1 Å². The van der Waals surface area contributed by atoms with Crippen LogP contribution >= 0.6 is 0 Å². The second-order valence-corrected chi connectivity index (χ2v) is 5.91. The van der Waals surface area contributed by atoms with E-state index >= 15 is 0 Å². The largest absolute Gasteiger partial charge is 0.319 e. The molecular formula is C17H37N. The Labute approximate surface area is 116 Å². The van der Waals surface area contributed by atoms with Gasteiger partial charge in [0.05, 0.1) is 0 Å². The summed E-state index contributed by atoms with van der Waals surface area (Å²) < 4.78 is 0. The molecule has 0 aromatic rings. The Kier molecular flexibility index (Phi) is 13.4. The van der Waals surface area contributed by atoms with Crippen LogP contribution in [0.3, 0.4) is 0 Å². The smallest absolute Gasteiger partial charge is 0.00235 e. The van der Waals surface area contributed by atoms with Crippen LogP contribution in [0.1, 0.15) is 85.0 Å². The number of hydrogen-bond donors (Lipinski definition) is 1. The van der Waals surface area contributed by atoms with Gasteiger partial charge in [-0.1, -0.05) is 72.1 Å². The molecule has 1 nitrogen and oxygen atoms in total. The zero-order chi connectivity index (χ0) is 13.6. The Morgan fingerprint density at radius 2 is 1.33 bits per heavy atom. The zero-order valence-electron chi connectivity index (χ0n) is 13.4. The summed E-state index contributed by atoms with van der Waals surface area (Å²) in [6, 6.07) is 0. The topological polar surface area (TPSA) is 12.0 Å². The van der Waals surface area contributed by atoms with Gasteiger partial charge in [-0.05, 0) is 38.3 Å². The molecule has 2 atom stereocenters. The fourth-order valence-electron chi connectivity index (χ4n) is 2.96. The van der Waals surface area contributed by atoms with Crippen LogP contribution in [-0.4, -0.2) is 13.6 Å². The van der Waals surface area contributed by atoms with Crippen LogP contribution in [0.25, 0.3) is 0 Å². The Bertz CT molecular complexity index is 150. The maximum atomic E-state index is 3.34. The molecule has 0 fully saturated rings. The van der Waals surface area contributed by atoms with E-state index in [0.29, 0.717) is 0 Å². The molecule has 0 saturated heterocycles. The molecule has 0 aromatic heterocycles. The van der Waals surface area contributed by atoms with Crippen LogP contribution < -0.4 is 5.32 Å². The molecule has 0 spiro atoms. The first kappa shape index (κ1) is 18.0. The summed E-state index contributed by atoms with van der Waals surface area (Å²) in [4.78, 5) is 0. The molecule has 0 aliphatic carbocycles. The van der Waals surface area contributed by atoms with Crippen LogP contribution in [0.2, 0.25) is 0 Å². The fourth-order valence-corrected chi connectivity index (χ4v) is 2.96. The summed E-state index contributed by atoms with van der Waals surface area (Å²) >= 11 is 0. The van der Waals surface area contributed by atoms with Crippen molar-refractivity contribution in [2.24, 2.45) is 11.8 Å². The molecule has 1 N–H and O–H groups in total. The summed E-state index contributed by atoms with van der Waals surface area (Å²) in [5.41, 5.74) is 0. The highest BCUT2D eigenvalue weighted by Gasteiger charge is 2.08. The van der Waals surface area contributed by atoms with Gasteiger partial charge >= 0.3 is 0 Å².